The number of rotatable bonds is 12. The van der Waals surface area contributed by atoms with Crippen LogP contribution in [0.15, 0.2) is 60.9 Å². The number of nitrogens with zero attached hydrogens (tertiary/aromatic N) is 2. The number of imidazole rings is 1. The lowest BCUT2D eigenvalue weighted by atomic mass is 9.68. The van der Waals surface area contributed by atoms with Crippen molar-refractivity contribution < 1.29 is 24.1 Å². The van der Waals surface area contributed by atoms with E-state index in [0.29, 0.717) is 5.92 Å². The molecular weight excluding hydrogens is 540 g/mol. The zero-order valence-electron chi connectivity index (χ0n) is 25.8. The summed E-state index contributed by atoms with van der Waals surface area (Å²) in [6, 6.07) is 17.8. The molecule has 0 radical (unpaired) electrons. The zero-order valence-corrected chi connectivity index (χ0v) is 25.8. The molecule has 0 amide bonds. The quantitative estimate of drug-likeness (QED) is 0.236. The maximum absolute atomic E-state index is 10.3. The van der Waals surface area contributed by atoms with E-state index < -0.39 is 0 Å². The fraction of sp³-hybridized carbons (Fsp3) is 0.583. The van der Waals surface area contributed by atoms with Gasteiger partial charge in [-0.1, -0.05) is 48.5 Å². The van der Waals surface area contributed by atoms with Crippen LogP contribution in [0.5, 0.6) is 0 Å². The Kier molecular flexibility index (Phi) is 9.95. The number of aliphatic hydroxyl groups is 1. The molecule has 43 heavy (non-hydrogen) atoms. The Balaban J connectivity index is 1.00. The fourth-order valence-electron chi connectivity index (χ4n) is 6.95. The number of ether oxygens (including phenoxy) is 4. The highest BCUT2D eigenvalue weighted by Crippen LogP contribution is 2.48. The first-order chi connectivity index (χ1) is 21.0. The van der Waals surface area contributed by atoms with E-state index in [1.165, 1.54) is 28.7 Å². The number of aryl methyl sites for hydroxylation is 1. The van der Waals surface area contributed by atoms with E-state index in [0.717, 1.165) is 76.8 Å². The van der Waals surface area contributed by atoms with E-state index in [-0.39, 0.29) is 36.9 Å². The molecule has 1 saturated carbocycles. The maximum Gasteiger partial charge on any atom is 0.158 e. The van der Waals surface area contributed by atoms with Gasteiger partial charge in [0, 0.05) is 25.6 Å². The lowest BCUT2D eigenvalue weighted by Gasteiger charge is -2.47. The minimum atomic E-state index is -0.198. The molecule has 3 fully saturated rings. The summed E-state index contributed by atoms with van der Waals surface area (Å²) in [5.74, 6) is 1.39. The molecule has 232 valence electrons. The summed E-state index contributed by atoms with van der Waals surface area (Å²) in [6.07, 6.45) is 13.7. The summed E-state index contributed by atoms with van der Waals surface area (Å²) in [5, 5.41) is 10.3. The van der Waals surface area contributed by atoms with Crippen LogP contribution in [0.2, 0.25) is 0 Å². The molecule has 1 N–H and O–H groups in total. The zero-order chi connectivity index (χ0) is 29.6. The van der Waals surface area contributed by atoms with Gasteiger partial charge in [0.1, 0.15) is 11.9 Å². The van der Waals surface area contributed by atoms with Crippen LogP contribution in [0, 0.1) is 0 Å². The average Bonchev–Trinajstić information content (AvgIpc) is 3.52. The van der Waals surface area contributed by atoms with Gasteiger partial charge in [-0.15, -0.1) is 0 Å². The molecule has 2 aliphatic heterocycles. The normalized spacial score (nSPS) is 27.4. The lowest BCUT2D eigenvalue weighted by molar-refractivity contribution is -0.243. The van der Waals surface area contributed by atoms with Crippen molar-refractivity contribution in [1.82, 2.24) is 9.55 Å². The minimum Gasteiger partial charge on any atom is -0.394 e. The van der Waals surface area contributed by atoms with Gasteiger partial charge >= 0.3 is 0 Å². The molecule has 2 aromatic carbocycles. The summed E-state index contributed by atoms with van der Waals surface area (Å²) < 4.78 is 26.1. The Morgan fingerprint density at radius 2 is 1.58 bits per heavy atom. The third kappa shape index (κ3) is 7.58. The monoisotopic (exact) mass is 588 g/mol. The van der Waals surface area contributed by atoms with Crippen LogP contribution in [0.1, 0.15) is 107 Å². The van der Waals surface area contributed by atoms with E-state index >= 15 is 0 Å². The SMILES string of the molecule is C[C@H](OC1CCCCO1)c1nccn1[C@H](CO)CCc1ccc(-c2ccc(C3CC(C)(OC4CCCCO4)C3)cc2)cc1. The van der Waals surface area contributed by atoms with Gasteiger partial charge in [0.15, 0.2) is 12.6 Å². The lowest BCUT2D eigenvalue weighted by Crippen LogP contribution is -2.46. The molecule has 7 nitrogen and oxygen atoms in total. The average molecular weight is 589 g/mol. The molecule has 2 unspecified atom stereocenters. The van der Waals surface area contributed by atoms with E-state index in [1.807, 2.05) is 13.1 Å². The predicted molar refractivity (Wildman–Crippen MR) is 167 cm³/mol. The molecule has 7 heteroatoms. The first kappa shape index (κ1) is 30.5. The standard InChI is InChI=1S/C36H48N2O5/c1-26(42-33-7-3-5-21-40-33)35-37-19-20-38(35)32(25-39)18-11-27-9-12-28(13-10-27)29-14-16-30(17-15-29)31-23-36(2,24-31)43-34-8-4-6-22-41-34/h9-10,12-17,19-20,26,31-34,39H,3-8,11,18,21-25H2,1-2H3/t26-,31?,32-,33?,34?,36?/m0/s1. The molecule has 3 aromatic rings. The van der Waals surface area contributed by atoms with Gasteiger partial charge in [-0.2, -0.15) is 0 Å². The van der Waals surface area contributed by atoms with Crippen molar-refractivity contribution in [2.24, 2.45) is 0 Å². The predicted octanol–water partition coefficient (Wildman–Crippen LogP) is 7.50. The molecule has 0 bridgehead atoms. The molecule has 3 aliphatic rings. The van der Waals surface area contributed by atoms with Gasteiger partial charge in [0.05, 0.1) is 18.2 Å². The van der Waals surface area contributed by atoms with Crippen LogP contribution in [0.25, 0.3) is 11.1 Å². The second-order valence-corrected chi connectivity index (χ2v) is 12.9. The number of aliphatic hydroxyl groups excluding tert-OH is 1. The van der Waals surface area contributed by atoms with E-state index in [4.69, 9.17) is 18.9 Å². The number of hydrogen-bond acceptors (Lipinski definition) is 6. The van der Waals surface area contributed by atoms with Crippen LogP contribution in [0.4, 0.5) is 0 Å². The smallest absolute Gasteiger partial charge is 0.158 e. The fourth-order valence-corrected chi connectivity index (χ4v) is 6.95. The molecule has 1 aliphatic carbocycles. The van der Waals surface area contributed by atoms with Crippen LogP contribution < -0.4 is 0 Å². The van der Waals surface area contributed by atoms with Crippen molar-refractivity contribution in [1.29, 1.82) is 0 Å². The van der Waals surface area contributed by atoms with Gasteiger partial charge in [0.25, 0.3) is 0 Å². The summed E-state index contributed by atoms with van der Waals surface area (Å²) >= 11 is 0. The van der Waals surface area contributed by atoms with Gasteiger partial charge < -0.3 is 28.6 Å². The Morgan fingerprint density at radius 3 is 2.21 bits per heavy atom. The molecular formula is C36H48N2O5. The molecule has 1 aromatic heterocycles. The second kappa shape index (κ2) is 14.0. The topological polar surface area (TPSA) is 75.0 Å². The first-order valence-electron chi connectivity index (χ1n) is 16.4. The van der Waals surface area contributed by atoms with Crippen molar-refractivity contribution in [3.05, 3.63) is 77.9 Å². The molecule has 4 atom stereocenters. The third-order valence-electron chi connectivity index (χ3n) is 9.51. The molecule has 0 spiro atoms. The molecule has 6 rings (SSSR count). The van der Waals surface area contributed by atoms with Crippen LogP contribution >= 0.6 is 0 Å². The van der Waals surface area contributed by atoms with Gasteiger partial charge in [-0.3, -0.25) is 0 Å². The summed E-state index contributed by atoms with van der Waals surface area (Å²) in [5.41, 5.74) is 5.04. The van der Waals surface area contributed by atoms with E-state index in [9.17, 15) is 5.11 Å². The van der Waals surface area contributed by atoms with Crippen LogP contribution in [-0.4, -0.2) is 52.7 Å². The number of aromatic nitrogens is 2. The van der Waals surface area contributed by atoms with Crippen molar-refractivity contribution in [3.63, 3.8) is 0 Å². The first-order valence-corrected chi connectivity index (χ1v) is 16.4. The van der Waals surface area contributed by atoms with Gasteiger partial charge in [-0.05, 0) is 106 Å². The van der Waals surface area contributed by atoms with E-state index in [1.54, 1.807) is 6.20 Å². The largest absolute Gasteiger partial charge is 0.394 e. The second-order valence-electron chi connectivity index (χ2n) is 12.9. The Hall–Kier alpha value is -2.55. The third-order valence-corrected chi connectivity index (χ3v) is 9.51. The van der Waals surface area contributed by atoms with Crippen molar-refractivity contribution >= 4 is 0 Å². The van der Waals surface area contributed by atoms with Gasteiger partial charge in [0.2, 0.25) is 0 Å². The number of hydrogen-bond donors (Lipinski definition) is 1. The van der Waals surface area contributed by atoms with Crippen LogP contribution in [-0.2, 0) is 25.4 Å². The summed E-state index contributed by atoms with van der Waals surface area (Å²) in [4.78, 5) is 4.57. The van der Waals surface area contributed by atoms with Crippen LogP contribution in [0.3, 0.4) is 0 Å². The maximum atomic E-state index is 10.3. The summed E-state index contributed by atoms with van der Waals surface area (Å²) in [6.45, 7) is 5.88. The Bertz CT molecular complexity index is 1270. The Morgan fingerprint density at radius 1 is 0.930 bits per heavy atom. The highest BCUT2D eigenvalue weighted by molar-refractivity contribution is 5.64. The highest BCUT2D eigenvalue weighted by Gasteiger charge is 2.43. The molecule has 3 heterocycles. The highest BCUT2D eigenvalue weighted by atomic mass is 16.7. The van der Waals surface area contributed by atoms with Crippen molar-refractivity contribution in [3.8, 4) is 11.1 Å². The van der Waals surface area contributed by atoms with E-state index in [2.05, 4.69) is 65.0 Å². The Labute approximate surface area is 256 Å². The number of benzene rings is 2. The van der Waals surface area contributed by atoms with Crippen molar-refractivity contribution in [2.45, 2.75) is 114 Å². The minimum absolute atomic E-state index is 0.0206. The molecule has 2 saturated heterocycles. The summed E-state index contributed by atoms with van der Waals surface area (Å²) in [7, 11) is 0. The van der Waals surface area contributed by atoms with Gasteiger partial charge in [-0.25, -0.2) is 4.98 Å². The van der Waals surface area contributed by atoms with Crippen molar-refractivity contribution in [2.75, 3.05) is 19.8 Å².